The standard InChI is InChI=1S/C33H38FIN2O7/c1-43-29-13-20(18-39)12-26(35)32(29)44-28-15-24(33(42)36-8-9-38)14-27(31(28)41)37(17-22-4-2-3-5-25(22)34)30(40)16-23-11-19-6-7-21(23)10-19/h2-5,12-13,15,18-19,21,23,27-28,31,38,41H,6-11,14,16-17H2,1H3,(H,36,42)/t19?,21?,23?,27-,28+,31+/m1/s1. The molecule has 2 aromatic carbocycles. The van der Waals surface area contributed by atoms with E-state index in [0.717, 1.165) is 19.3 Å². The maximum Gasteiger partial charge on any atom is 0.247 e. The first-order chi connectivity index (χ1) is 21.2. The number of nitrogens with one attached hydrogen (secondary N) is 1. The van der Waals surface area contributed by atoms with Gasteiger partial charge in [-0.15, -0.1) is 0 Å². The lowest BCUT2D eigenvalue weighted by Crippen LogP contribution is -2.55. The summed E-state index contributed by atoms with van der Waals surface area (Å²) in [5, 5.41) is 23.8. The van der Waals surface area contributed by atoms with Gasteiger partial charge in [-0.3, -0.25) is 14.4 Å². The van der Waals surface area contributed by atoms with E-state index in [9.17, 15) is 29.0 Å². The SMILES string of the molecule is COc1cc(C=O)cc(I)c1O[C@H]1C=C(C(=O)NCCO)C[C@@H](N(Cc2ccccc2F)C(=O)CC2CC3CCC2C3)[C@@H]1O. The van der Waals surface area contributed by atoms with Crippen LogP contribution in [0.25, 0.3) is 0 Å². The van der Waals surface area contributed by atoms with E-state index in [1.165, 1.54) is 36.6 Å². The number of carbonyl (C=O) groups excluding carboxylic acids is 3. The van der Waals surface area contributed by atoms with E-state index in [4.69, 9.17) is 9.47 Å². The number of amides is 2. The molecular formula is C33H38FIN2O7. The van der Waals surface area contributed by atoms with E-state index in [1.807, 2.05) is 22.6 Å². The van der Waals surface area contributed by atoms with E-state index >= 15 is 0 Å². The highest BCUT2D eigenvalue weighted by Gasteiger charge is 2.44. The van der Waals surface area contributed by atoms with Gasteiger partial charge >= 0.3 is 0 Å². The molecule has 44 heavy (non-hydrogen) atoms. The summed E-state index contributed by atoms with van der Waals surface area (Å²) in [6, 6.07) is 8.44. The molecule has 0 saturated heterocycles. The van der Waals surface area contributed by atoms with Gasteiger partial charge in [-0.05, 0) is 83.9 Å². The quantitative estimate of drug-likeness (QED) is 0.224. The Morgan fingerprint density at radius 2 is 2.00 bits per heavy atom. The van der Waals surface area contributed by atoms with Crippen LogP contribution in [0.2, 0.25) is 0 Å². The molecule has 0 aliphatic heterocycles. The van der Waals surface area contributed by atoms with Gasteiger partial charge in [0.25, 0.3) is 0 Å². The summed E-state index contributed by atoms with van der Waals surface area (Å²) in [7, 11) is 1.43. The van der Waals surface area contributed by atoms with Crippen molar-refractivity contribution in [3.63, 3.8) is 0 Å². The largest absolute Gasteiger partial charge is 0.493 e. The number of aliphatic hydroxyl groups is 2. The van der Waals surface area contributed by atoms with Crippen molar-refractivity contribution in [2.75, 3.05) is 20.3 Å². The van der Waals surface area contributed by atoms with Gasteiger partial charge < -0.3 is 29.9 Å². The average Bonchev–Trinajstić information content (AvgIpc) is 3.65. The average molecular weight is 721 g/mol. The van der Waals surface area contributed by atoms with Crippen LogP contribution in [0.4, 0.5) is 4.39 Å². The van der Waals surface area contributed by atoms with E-state index in [1.54, 1.807) is 24.3 Å². The Labute approximate surface area is 269 Å². The van der Waals surface area contributed by atoms with Gasteiger partial charge in [0.05, 0.1) is 23.3 Å². The molecule has 3 aliphatic rings. The fraction of sp³-hybridized carbons (Fsp3) is 0.485. The Morgan fingerprint density at radius 3 is 2.66 bits per heavy atom. The predicted octanol–water partition coefficient (Wildman–Crippen LogP) is 4.02. The summed E-state index contributed by atoms with van der Waals surface area (Å²) in [4.78, 5) is 40.3. The number of fused-ring (bicyclic) bond motifs is 2. The molecule has 0 heterocycles. The highest BCUT2D eigenvalue weighted by molar-refractivity contribution is 14.1. The van der Waals surface area contributed by atoms with Crippen molar-refractivity contribution in [3.8, 4) is 11.5 Å². The number of carbonyl (C=O) groups is 3. The fourth-order valence-electron chi connectivity index (χ4n) is 7.01. The first kappa shape index (κ1) is 32.4. The monoisotopic (exact) mass is 720 g/mol. The molecule has 236 valence electrons. The summed E-state index contributed by atoms with van der Waals surface area (Å²) < 4.78 is 27.3. The Morgan fingerprint density at radius 1 is 1.20 bits per heavy atom. The topological polar surface area (TPSA) is 125 Å². The molecular weight excluding hydrogens is 682 g/mol. The van der Waals surface area contributed by atoms with Gasteiger partial charge in [-0.2, -0.15) is 0 Å². The Balaban J connectivity index is 1.50. The van der Waals surface area contributed by atoms with Crippen LogP contribution in [0.15, 0.2) is 48.0 Å². The highest BCUT2D eigenvalue weighted by Crippen LogP contribution is 2.50. The lowest BCUT2D eigenvalue weighted by atomic mass is 9.84. The number of aliphatic hydroxyl groups excluding tert-OH is 2. The number of hydrogen-bond donors (Lipinski definition) is 3. The van der Waals surface area contributed by atoms with Crippen molar-refractivity contribution in [2.24, 2.45) is 17.8 Å². The first-order valence-corrected chi connectivity index (χ1v) is 16.1. The molecule has 3 aliphatic carbocycles. The Hall–Kier alpha value is -3.03. The maximum atomic E-state index is 14.9. The van der Waals surface area contributed by atoms with Crippen LogP contribution < -0.4 is 14.8 Å². The van der Waals surface area contributed by atoms with Crippen LogP contribution in [0, 0.1) is 27.1 Å². The molecule has 2 fully saturated rings. The van der Waals surface area contributed by atoms with E-state index in [2.05, 4.69) is 5.32 Å². The van der Waals surface area contributed by atoms with Crippen LogP contribution >= 0.6 is 22.6 Å². The molecule has 2 bridgehead atoms. The van der Waals surface area contributed by atoms with Crippen molar-refractivity contribution in [3.05, 3.63) is 68.6 Å². The molecule has 9 nitrogen and oxygen atoms in total. The minimum Gasteiger partial charge on any atom is -0.493 e. The third-order valence-electron chi connectivity index (χ3n) is 9.20. The molecule has 2 saturated carbocycles. The molecule has 2 amide bonds. The van der Waals surface area contributed by atoms with Crippen molar-refractivity contribution in [1.29, 1.82) is 0 Å². The summed E-state index contributed by atoms with van der Waals surface area (Å²) in [6.45, 7) is -0.317. The van der Waals surface area contributed by atoms with Crippen molar-refractivity contribution >= 4 is 40.7 Å². The molecule has 0 radical (unpaired) electrons. The van der Waals surface area contributed by atoms with Gasteiger partial charge in [0.1, 0.15) is 24.3 Å². The molecule has 3 unspecified atom stereocenters. The normalized spacial score (nSPS) is 25.7. The fourth-order valence-corrected chi connectivity index (χ4v) is 7.76. The second-order valence-corrected chi connectivity index (χ2v) is 13.1. The Bertz CT molecular complexity index is 1420. The molecule has 5 rings (SSSR count). The molecule has 2 aromatic rings. The number of aldehydes is 1. The lowest BCUT2D eigenvalue weighted by Gasteiger charge is -2.41. The summed E-state index contributed by atoms with van der Waals surface area (Å²) in [6.07, 6.45) is 4.55. The zero-order chi connectivity index (χ0) is 31.4. The summed E-state index contributed by atoms with van der Waals surface area (Å²) >= 11 is 2.00. The molecule has 3 N–H and O–H groups in total. The van der Waals surface area contributed by atoms with Gasteiger partial charge in [-0.25, -0.2) is 4.39 Å². The summed E-state index contributed by atoms with van der Waals surface area (Å²) in [5.41, 5.74) is 0.950. The molecule has 0 spiro atoms. The van der Waals surface area contributed by atoms with E-state index in [0.29, 0.717) is 39.2 Å². The zero-order valence-corrected chi connectivity index (χ0v) is 26.7. The number of nitrogens with zero attached hydrogens (tertiary/aromatic N) is 1. The number of methoxy groups -OCH3 is 1. The number of rotatable bonds is 12. The van der Waals surface area contributed by atoms with Gasteiger partial charge in [0.15, 0.2) is 11.5 Å². The van der Waals surface area contributed by atoms with Crippen molar-refractivity contribution < 1.29 is 38.5 Å². The van der Waals surface area contributed by atoms with E-state index < -0.39 is 30.0 Å². The number of benzene rings is 2. The smallest absolute Gasteiger partial charge is 0.247 e. The third-order valence-corrected chi connectivity index (χ3v) is 10.00. The number of ether oxygens (including phenoxy) is 2. The number of halogens is 2. The van der Waals surface area contributed by atoms with Gasteiger partial charge in [0.2, 0.25) is 11.8 Å². The molecule has 0 aromatic heterocycles. The van der Waals surface area contributed by atoms with Crippen LogP contribution in [0.1, 0.15) is 54.4 Å². The number of hydrogen-bond acceptors (Lipinski definition) is 7. The highest BCUT2D eigenvalue weighted by atomic mass is 127. The van der Waals surface area contributed by atoms with Crippen LogP contribution in [0.3, 0.4) is 0 Å². The van der Waals surface area contributed by atoms with Gasteiger partial charge in [-0.1, -0.05) is 24.6 Å². The molecule has 11 heteroatoms. The Kier molecular flexibility index (Phi) is 10.6. The minimum atomic E-state index is -1.29. The van der Waals surface area contributed by atoms with Gasteiger partial charge in [0, 0.05) is 42.6 Å². The predicted molar refractivity (Wildman–Crippen MR) is 169 cm³/mol. The second-order valence-electron chi connectivity index (χ2n) is 11.9. The zero-order valence-electron chi connectivity index (χ0n) is 24.6. The van der Waals surface area contributed by atoms with E-state index in [-0.39, 0.29) is 55.0 Å². The van der Waals surface area contributed by atoms with Crippen molar-refractivity contribution in [1.82, 2.24) is 10.2 Å². The lowest BCUT2D eigenvalue weighted by molar-refractivity contribution is -0.141. The first-order valence-electron chi connectivity index (χ1n) is 15.0. The molecule has 6 atom stereocenters. The summed E-state index contributed by atoms with van der Waals surface area (Å²) in [5.74, 6) is 0.782. The second kappa shape index (κ2) is 14.4. The van der Waals surface area contributed by atoms with Crippen LogP contribution in [-0.4, -0.2) is 71.7 Å². The minimum absolute atomic E-state index is 0.00745. The third kappa shape index (κ3) is 7.10. The van der Waals surface area contributed by atoms with Crippen LogP contribution in [0.5, 0.6) is 11.5 Å². The van der Waals surface area contributed by atoms with Crippen LogP contribution in [-0.2, 0) is 16.1 Å². The maximum absolute atomic E-state index is 14.9. The van der Waals surface area contributed by atoms with Crippen molar-refractivity contribution in [2.45, 2.75) is 63.3 Å².